The lowest BCUT2D eigenvalue weighted by atomic mass is 10.0. The lowest BCUT2D eigenvalue weighted by Crippen LogP contribution is -2.45. The maximum Gasteiger partial charge on any atom is 0.262 e. The van der Waals surface area contributed by atoms with Crippen molar-refractivity contribution in [2.45, 2.75) is 26.3 Å². The zero-order chi connectivity index (χ0) is 7.78. The van der Waals surface area contributed by atoms with Gasteiger partial charge in [-0.05, 0) is 39.1 Å². The first-order valence-electron chi connectivity index (χ1n) is 3.19. The molecule has 0 unspecified atom stereocenters. The van der Waals surface area contributed by atoms with Crippen molar-refractivity contribution in [2.24, 2.45) is 0 Å². The lowest BCUT2D eigenvalue weighted by Gasteiger charge is -2.28. The van der Waals surface area contributed by atoms with Crippen molar-refractivity contribution >= 4 is 17.4 Å². The van der Waals surface area contributed by atoms with E-state index in [0.717, 1.165) is 5.76 Å². The van der Waals surface area contributed by atoms with E-state index in [2.05, 4.69) is 5.32 Å². The van der Waals surface area contributed by atoms with Gasteiger partial charge in [0.2, 0.25) is 0 Å². The van der Waals surface area contributed by atoms with E-state index in [0.29, 0.717) is 5.17 Å². The molecule has 0 atom stereocenters. The molecule has 0 aliphatic carbocycles. The third-order valence-corrected chi connectivity index (χ3v) is 1.43. The molecule has 0 radical (unpaired) electrons. The van der Waals surface area contributed by atoms with Crippen LogP contribution in [0.5, 0.6) is 0 Å². The molecular weight excluding hydrogens is 146 g/mol. The third-order valence-electron chi connectivity index (χ3n) is 1.24. The maximum absolute atomic E-state index is 5.10. The fourth-order valence-electron chi connectivity index (χ4n) is 1.01. The molecule has 0 saturated carbocycles. The van der Waals surface area contributed by atoms with E-state index in [4.69, 9.17) is 17.0 Å². The fourth-order valence-corrected chi connectivity index (χ4v) is 1.40. The number of ether oxygens (including phenoxy) is 1. The largest absolute Gasteiger partial charge is 0.437 e. The summed E-state index contributed by atoms with van der Waals surface area (Å²) < 4.78 is 5.10. The predicted octanol–water partition coefficient (Wildman–Crippen LogP) is 1.57. The second kappa shape index (κ2) is 2.23. The summed E-state index contributed by atoms with van der Waals surface area (Å²) in [6.07, 6.45) is 2.00. The second-order valence-electron chi connectivity index (χ2n) is 2.99. The standard InChI is InChI=1S/C7H11NOS/c1-5-4-7(2,3)8-6(10)9-5/h4H,1-3H3,(H,8,10). The molecule has 0 spiro atoms. The Kier molecular flexibility index (Phi) is 1.68. The van der Waals surface area contributed by atoms with Crippen molar-refractivity contribution < 1.29 is 4.74 Å². The van der Waals surface area contributed by atoms with Gasteiger partial charge in [0.05, 0.1) is 5.54 Å². The Balaban J connectivity index is 2.83. The van der Waals surface area contributed by atoms with E-state index in [9.17, 15) is 0 Å². The molecule has 3 heteroatoms. The number of hydrogen-bond donors (Lipinski definition) is 1. The Morgan fingerprint density at radius 1 is 1.60 bits per heavy atom. The predicted molar refractivity (Wildman–Crippen MR) is 44.7 cm³/mol. The molecule has 1 rings (SSSR count). The van der Waals surface area contributed by atoms with Crippen LogP contribution < -0.4 is 5.32 Å². The van der Waals surface area contributed by atoms with Crippen LogP contribution in [0.4, 0.5) is 0 Å². The molecule has 0 saturated heterocycles. The summed E-state index contributed by atoms with van der Waals surface area (Å²) in [5, 5.41) is 3.48. The van der Waals surface area contributed by atoms with Crippen molar-refractivity contribution in [1.82, 2.24) is 5.32 Å². The molecule has 0 fully saturated rings. The lowest BCUT2D eigenvalue weighted by molar-refractivity contribution is 0.347. The van der Waals surface area contributed by atoms with E-state index >= 15 is 0 Å². The number of rotatable bonds is 0. The van der Waals surface area contributed by atoms with Gasteiger partial charge in [0, 0.05) is 0 Å². The van der Waals surface area contributed by atoms with Crippen LogP contribution in [0.1, 0.15) is 20.8 Å². The van der Waals surface area contributed by atoms with Crippen LogP contribution in [-0.4, -0.2) is 10.7 Å². The fraction of sp³-hybridized carbons (Fsp3) is 0.571. The minimum absolute atomic E-state index is 0.0561. The molecule has 0 aromatic rings. The van der Waals surface area contributed by atoms with Gasteiger partial charge in [-0.2, -0.15) is 0 Å². The molecule has 2 nitrogen and oxygen atoms in total. The summed E-state index contributed by atoms with van der Waals surface area (Å²) in [5.41, 5.74) is -0.0561. The average Bonchev–Trinajstić information content (AvgIpc) is 1.54. The number of thiocarbonyl (C=S) groups is 1. The van der Waals surface area contributed by atoms with Gasteiger partial charge in [-0.3, -0.25) is 0 Å². The van der Waals surface area contributed by atoms with Crippen LogP contribution in [0.3, 0.4) is 0 Å². The summed E-state index contributed by atoms with van der Waals surface area (Å²) >= 11 is 4.86. The van der Waals surface area contributed by atoms with Gasteiger partial charge in [-0.1, -0.05) is 0 Å². The van der Waals surface area contributed by atoms with Crippen LogP contribution in [0.15, 0.2) is 11.8 Å². The number of allylic oxidation sites excluding steroid dienone is 1. The topological polar surface area (TPSA) is 21.3 Å². The Morgan fingerprint density at radius 2 is 2.20 bits per heavy atom. The van der Waals surface area contributed by atoms with Crippen LogP contribution in [-0.2, 0) is 4.74 Å². The van der Waals surface area contributed by atoms with Crippen molar-refractivity contribution in [1.29, 1.82) is 0 Å². The molecule has 0 aromatic heterocycles. The molecule has 0 bridgehead atoms. The van der Waals surface area contributed by atoms with Gasteiger partial charge in [0.15, 0.2) is 0 Å². The van der Waals surface area contributed by atoms with E-state index in [1.54, 1.807) is 0 Å². The summed E-state index contributed by atoms with van der Waals surface area (Å²) in [6.45, 7) is 5.99. The van der Waals surface area contributed by atoms with E-state index in [1.807, 2.05) is 26.8 Å². The van der Waals surface area contributed by atoms with Gasteiger partial charge in [-0.15, -0.1) is 0 Å². The Morgan fingerprint density at radius 3 is 2.60 bits per heavy atom. The Hall–Kier alpha value is -0.570. The summed E-state index contributed by atoms with van der Waals surface area (Å²) in [5.74, 6) is 0.869. The number of hydrogen-bond acceptors (Lipinski definition) is 2. The van der Waals surface area contributed by atoms with Gasteiger partial charge in [0.25, 0.3) is 5.17 Å². The second-order valence-corrected chi connectivity index (χ2v) is 3.36. The van der Waals surface area contributed by atoms with E-state index < -0.39 is 0 Å². The third kappa shape index (κ3) is 1.70. The quantitative estimate of drug-likeness (QED) is 0.539. The van der Waals surface area contributed by atoms with Crippen molar-refractivity contribution in [3.8, 4) is 0 Å². The molecular formula is C7H11NOS. The molecule has 1 aliphatic rings. The summed E-state index contributed by atoms with van der Waals surface area (Å²) in [4.78, 5) is 0. The van der Waals surface area contributed by atoms with Crippen molar-refractivity contribution in [3.05, 3.63) is 11.8 Å². The highest BCUT2D eigenvalue weighted by Gasteiger charge is 2.21. The van der Waals surface area contributed by atoms with Crippen LogP contribution in [0.25, 0.3) is 0 Å². The highest BCUT2D eigenvalue weighted by atomic mass is 32.1. The minimum Gasteiger partial charge on any atom is -0.437 e. The van der Waals surface area contributed by atoms with Crippen molar-refractivity contribution in [2.75, 3.05) is 0 Å². The van der Waals surface area contributed by atoms with Crippen LogP contribution >= 0.6 is 12.2 Å². The van der Waals surface area contributed by atoms with Gasteiger partial charge >= 0.3 is 0 Å². The normalized spacial score (nSPS) is 22.7. The Bertz CT molecular complexity index is 196. The monoisotopic (exact) mass is 157 g/mol. The van der Waals surface area contributed by atoms with Gasteiger partial charge < -0.3 is 10.1 Å². The summed E-state index contributed by atoms with van der Waals surface area (Å²) in [6, 6.07) is 0. The number of nitrogens with one attached hydrogen (secondary N) is 1. The molecule has 10 heavy (non-hydrogen) atoms. The first kappa shape index (κ1) is 7.54. The average molecular weight is 157 g/mol. The highest BCUT2D eigenvalue weighted by Crippen LogP contribution is 2.14. The molecule has 1 heterocycles. The molecule has 1 N–H and O–H groups in total. The smallest absolute Gasteiger partial charge is 0.262 e. The molecule has 1 aliphatic heterocycles. The summed E-state index contributed by atoms with van der Waals surface area (Å²) in [7, 11) is 0. The van der Waals surface area contributed by atoms with Crippen LogP contribution in [0, 0.1) is 0 Å². The first-order chi connectivity index (χ1) is 4.49. The minimum atomic E-state index is -0.0561. The van der Waals surface area contributed by atoms with Gasteiger partial charge in [-0.25, -0.2) is 0 Å². The van der Waals surface area contributed by atoms with Crippen LogP contribution in [0.2, 0.25) is 0 Å². The SMILES string of the molecule is CC1=CC(C)(C)NC(=S)O1. The maximum atomic E-state index is 5.10. The Labute approximate surface area is 66.3 Å². The van der Waals surface area contributed by atoms with Gasteiger partial charge in [0.1, 0.15) is 5.76 Å². The zero-order valence-corrected chi connectivity index (χ0v) is 7.21. The molecule has 0 amide bonds. The highest BCUT2D eigenvalue weighted by molar-refractivity contribution is 7.80. The molecule has 0 aromatic carbocycles. The van der Waals surface area contributed by atoms with E-state index in [1.165, 1.54) is 0 Å². The zero-order valence-electron chi connectivity index (χ0n) is 6.39. The van der Waals surface area contributed by atoms with Crippen molar-refractivity contribution in [3.63, 3.8) is 0 Å². The first-order valence-corrected chi connectivity index (χ1v) is 3.60. The molecule has 56 valence electrons. The van der Waals surface area contributed by atoms with E-state index in [-0.39, 0.29) is 5.54 Å².